The molecule has 8 heteroatoms. The van der Waals surface area contributed by atoms with Gasteiger partial charge in [0.05, 0.1) is 11.8 Å². The predicted octanol–water partition coefficient (Wildman–Crippen LogP) is 8.78. The molecule has 1 fully saturated rings. The van der Waals surface area contributed by atoms with Crippen LogP contribution in [0.4, 0.5) is 5.69 Å². The standard InChI is InChI=1S/C43H30Cl2N2O4/c44-42-31-16-6-7-17-32(31)43(45,34-19-9-8-18-33(34)42)38-37(42)40(49)47(41(38)50)35(25-26-11-2-1-3-12-26)39(48)46-28-21-23-29(24-22-28)51-36-20-10-14-27-13-4-5-15-30(27)36/h1-24,35,37-38H,25H2,(H,46,48)/t35-,37+,38+,42?,43?/m0/s1. The van der Waals surface area contributed by atoms with Gasteiger partial charge in [-0.15, -0.1) is 23.2 Å². The molecule has 3 amide bonds. The number of imide groups is 1. The number of fused-ring (bicyclic) bond motifs is 1. The smallest absolute Gasteiger partial charge is 0.248 e. The van der Waals surface area contributed by atoms with E-state index in [2.05, 4.69) is 5.32 Å². The van der Waals surface area contributed by atoms with Crippen LogP contribution in [0, 0.1) is 11.8 Å². The van der Waals surface area contributed by atoms with Gasteiger partial charge in [0, 0.05) is 17.5 Å². The minimum absolute atomic E-state index is 0.107. The Hall–Kier alpha value is -5.43. The fourth-order valence-corrected chi connectivity index (χ4v) is 9.48. The summed E-state index contributed by atoms with van der Waals surface area (Å²) in [6, 6.07) is 44.0. The van der Waals surface area contributed by atoms with Crippen molar-refractivity contribution in [1.82, 2.24) is 4.90 Å². The first-order valence-electron chi connectivity index (χ1n) is 16.9. The van der Waals surface area contributed by atoms with Crippen molar-refractivity contribution in [2.75, 3.05) is 5.32 Å². The Labute approximate surface area is 304 Å². The van der Waals surface area contributed by atoms with E-state index in [4.69, 9.17) is 27.9 Å². The van der Waals surface area contributed by atoms with Gasteiger partial charge in [0.15, 0.2) is 0 Å². The van der Waals surface area contributed by atoms with E-state index in [-0.39, 0.29) is 6.42 Å². The van der Waals surface area contributed by atoms with Crippen molar-refractivity contribution in [3.63, 3.8) is 0 Å². The molecule has 51 heavy (non-hydrogen) atoms. The molecule has 0 spiro atoms. The summed E-state index contributed by atoms with van der Waals surface area (Å²) in [5.74, 6) is -2.23. The average molecular weight is 710 g/mol. The number of benzene rings is 6. The first kappa shape index (κ1) is 31.5. The zero-order chi connectivity index (χ0) is 34.9. The second kappa shape index (κ2) is 11.8. The van der Waals surface area contributed by atoms with Crippen molar-refractivity contribution >= 4 is 57.4 Å². The number of carbonyl (C=O) groups excluding carboxylic acids is 3. The largest absolute Gasteiger partial charge is 0.457 e. The maximum Gasteiger partial charge on any atom is 0.248 e. The molecular formula is C43H30Cl2N2O4. The van der Waals surface area contributed by atoms with Crippen LogP contribution in [-0.2, 0) is 30.6 Å². The lowest BCUT2D eigenvalue weighted by Crippen LogP contribution is -2.57. The molecule has 1 N–H and O–H groups in total. The van der Waals surface area contributed by atoms with Gasteiger partial charge in [-0.3, -0.25) is 19.3 Å². The lowest BCUT2D eigenvalue weighted by molar-refractivity contribution is -0.146. The Balaban J connectivity index is 1.06. The summed E-state index contributed by atoms with van der Waals surface area (Å²) in [7, 11) is 0. The number of anilines is 1. The molecule has 1 heterocycles. The van der Waals surface area contributed by atoms with E-state index in [9.17, 15) is 14.4 Å². The number of rotatable bonds is 7. The summed E-state index contributed by atoms with van der Waals surface area (Å²) >= 11 is 15.3. The first-order valence-corrected chi connectivity index (χ1v) is 17.6. The predicted molar refractivity (Wildman–Crippen MR) is 198 cm³/mol. The van der Waals surface area contributed by atoms with Gasteiger partial charge >= 0.3 is 0 Å². The molecule has 1 saturated heterocycles. The molecule has 0 saturated carbocycles. The second-order valence-corrected chi connectivity index (χ2v) is 14.5. The van der Waals surface area contributed by atoms with Crippen LogP contribution in [-0.4, -0.2) is 28.7 Å². The zero-order valence-electron chi connectivity index (χ0n) is 27.1. The molecule has 2 bridgehead atoms. The highest BCUT2D eigenvalue weighted by Gasteiger charge is 2.73. The molecule has 10 rings (SSSR count). The highest BCUT2D eigenvalue weighted by Crippen LogP contribution is 2.69. The fourth-order valence-electron chi connectivity index (χ4n) is 8.38. The van der Waals surface area contributed by atoms with Crippen LogP contribution in [0.1, 0.15) is 27.8 Å². The Morgan fingerprint density at radius 2 is 1.16 bits per heavy atom. The molecule has 3 aliphatic carbocycles. The number of nitrogens with zero attached hydrogens (tertiary/aromatic N) is 1. The zero-order valence-corrected chi connectivity index (χ0v) is 28.6. The van der Waals surface area contributed by atoms with Crippen molar-refractivity contribution in [3.8, 4) is 11.5 Å². The van der Waals surface area contributed by atoms with Crippen molar-refractivity contribution < 1.29 is 19.1 Å². The van der Waals surface area contributed by atoms with Gasteiger partial charge in [-0.25, -0.2) is 0 Å². The summed E-state index contributed by atoms with van der Waals surface area (Å²) in [5.41, 5.74) is 4.11. The average Bonchev–Trinajstić information content (AvgIpc) is 3.44. The normalized spacial score (nSPS) is 23.4. The number of hydrogen-bond acceptors (Lipinski definition) is 4. The molecule has 0 unspecified atom stereocenters. The minimum Gasteiger partial charge on any atom is -0.457 e. The monoisotopic (exact) mass is 708 g/mol. The van der Waals surface area contributed by atoms with Gasteiger partial charge in [0.25, 0.3) is 0 Å². The van der Waals surface area contributed by atoms with Crippen molar-refractivity contribution in [3.05, 3.63) is 173 Å². The summed E-state index contributed by atoms with van der Waals surface area (Å²) in [6.07, 6.45) is 0.107. The molecular weight excluding hydrogens is 679 g/mol. The van der Waals surface area contributed by atoms with Crippen LogP contribution in [0.15, 0.2) is 146 Å². The van der Waals surface area contributed by atoms with Crippen molar-refractivity contribution in [2.45, 2.75) is 22.2 Å². The summed E-state index contributed by atoms with van der Waals surface area (Å²) in [5, 5.41) is 5.02. The number of halogens is 2. The molecule has 6 nitrogen and oxygen atoms in total. The first-order chi connectivity index (χ1) is 24.8. The van der Waals surface area contributed by atoms with Gasteiger partial charge in [-0.05, 0) is 63.5 Å². The van der Waals surface area contributed by atoms with Crippen molar-refractivity contribution in [1.29, 1.82) is 0 Å². The van der Waals surface area contributed by atoms with E-state index < -0.39 is 45.3 Å². The Bertz CT molecular complexity index is 2250. The van der Waals surface area contributed by atoms with E-state index in [0.717, 1.165) is 21.2 Å². The number of alkyl halides is 2. The Morgan fingerprint density at radius 1 is 0.647 bits per heavy atom. The number of likely N-dealkylation sites (tertiary alicyclic amines) is 1. The van der Waals surface area contributed by atoms with Gasteiger partial charge in [-0.1, -0.05) is 115 Å². The number of nitrogens with one attached hydrogen (secondary N) is 1. The highest BCUT2D eigenvalue weighted by molar-refractivity contribution is 6.36. The van der Waals surface area contributed by atoms with E-state index in [1.807, 2.05) is 121 Å². The molecule has 1 aliphatic heterocycles. The topological polar surface area (TPSA) is 75.7 Å². The molecule has 3 atom stereocenters. The maximum atomic E-state index is 14.8. The molecule has 6 aromatic rings. The molecule has 0 radical (unpaired) electrons. The van der Waals surface area contributed by atoms with Crippen LogP contribution in [0.25, 0.3) is 10.8 Å². The number of hydrogen-bond donors (Lipinski definition) is 1. The lowest BCUT2D eigenvalue weighted by atomic mass is 9.54. The molecule has 4 aliphatic rings. The number of carbonyl (C=O) groups is 3. The summed E-state index contributed by atoms with van der Waals surface area (Å²) in [4.78, 5) is 42.3. The number of amides is 3. The summed E-state index contributed by atoms with van der Waals surface area (Å²) in [6.45, 7) is 0. The molecule has 250 valence electrons. The van der Waals surface area contributed by atoms with Gasteiger partial charge in [0.2, 0.25) is 17.7 Å². The molecule has 6 aromatic carbocycles. The van der Waals surface area contributed by atoms with Gasteiger partial charge in [0.1, 0.15) is 27.3 Å². The minimum atomic E-state index is -1.34. The highest BCUT2D eigenvalue weighted by atomic mass is 35.5. The lowest BCUT2D eigenvalue weighted by Gasteiger charge is -2.54. The maximum absolute atomic E-state index is 14.8. The van der Waals surface area contributed by atoms with Crippen LogP contribution in [0.3, 0.4) is 0 Å². The van der Waals surface area contributed by atoms with E-state index in [1.165, 1.54) is 0 Å². The quantitative estimate of drug-likeness (QED) is 0.133. The Kier molecular flexibility index (Phi) is 7.32. The molecule has 0 aromatic heterocycles. The SMILES string of the molecule is O=C(Nc1ccc(Oc2cccc3ccccc23)cc1)[C@H](Cc1ccccc1)N1C(=O)[C@H]2[C@H](C1=O)C1(Cl)c3ccccc3C2(Cl)c2ccccc21. The number of ether oxygens (including phenoxy) is 1. The van der Waals surface area contributed by atoms with E-state index >= 15 is 0 Å². The van der Waals surface area contributed by atoms with Crippen LogP contribution in [0.2, 0.25) is 0 Å². The van der Waals surface area contributed by atoms with Crippen molar-refractivity contribution in [2.24, 2.45) is 11.8 Å². The fraction of sp³-hybridized carbons (Fsp3) is 0.140. The van der Waals surface area contributed by atoms with Crippen LogP contribution >= 0.6 is 23.2 Å². The summed E-state index contributed by atoms with van der Waals surface area (Å²) < 4.78 is 6.20. The van der Waals surface area contributed by atoms with E-state index in [0.29, 0.717) is 39.4 Å². The third-order valence-electron chi connectivity index (χ3n) is 10.6. The van der Waals surface area contributed by atoms with Crippen LogP contribution in [0.5, 0.6) is 11.5 Å². The third-order valence-corrected chi connectivity index (χ3v) is 11.9. The van der Waals surface area contributed by atoms with Gasteiger partial charge < -0.3 is 10.1 Å². The van der Waals surface area contributed by atoms with E-state index in [1.54, 1.807) is 24.3 Å². The second-order valence-electron chi connectivity index (χ2n) is 13.3. The van der Waals surface area contributed by atoms with Crippen LogP contribution < -0.4 is 10.1 Å². The third kappa shape index (κ3) is 4.67. The Morgan fingerprint density at radius 3 is 1.75 bits per heavy atom. The van der Waals surface area contributed by atoms with Gasteiger partial charge in [-0.2, -0.15) is 0 Å².